The lowest BCUT2D eigenvalue weighted by Crippen LogP contribution is -2.33. The van der Waals surface area contributed by atoms with Crippen LogP contribution in [-0.4, -0.2) is 44.7 Å². The Balaban J connectivity index is 1.81. The first-order chi connectivity index (χ1) is 12.1. The Hall–Kier alpha value is -2.53. The molecule has 0 fully saturated rings. The molecule has 2 aromatic rings. The Kier molecular flexibility index (Phi) is 7.79. The molecule has 0 atom stereocenters. The van der Waals surface area contributed by atoms with Gasteiger partial charge < -0.3 is 20.7 Å². The molecule has 0 saturated carbocycles. The fraction of sp³-hybridized carbons (Fsp3) is 0.350. The minimum atomic E-state index is 0.457. The van der Waals surface area contributed by atoms with Crippen LogP contribution in [0.4, 0.5) is 0 Å². The first kappa shape index (κ1) is 18.8. The third-order valence-corrected chi connectivity index (χ3v) is 3.75. The van der Waals surface area contributed by atoms with Crippen LogP contribution < -0.4 is 15.8 Å². The van der Waals surface area contributed by atoms with Gasteiger partial charge in [0.2, 0.25) is 0 Å². The molecule has 0 saturated heterocycles. The van der Waals surface area contributed by atoms with E-state index >= 15 is 0 Å². The zero-order valence-corrected chi connectivity index (χ0v) is 15.1. The number of para-hydroxylation sites is 1. The van der Waals surface area contributed by atoms with Crippen LogP contribution in [0.25, 0.3) is 0 Å². The normalized spacial score (nSPS) is 11.6. The van der Waals surface area contributed by atoms with E-state index in [9.17, 15) is 0 Å². The van der Waals surface area contributed by atoms with Crippen LogP contribution in [0.5, 0.6) is 5.75 Å². The van der Waals surface area contributed by atoms with Crippen LogP contribution in [0.15, 0.2) is 59.6 Å². The number of hydrogen-bond acceptors (Lipinski definition) is 3. The minimum absolute atomic E-state index is 0.457. The molecule has 0 radical (unpaired) electrons. The third kappa shape index (κ3) is 7.27. The molecule has 0 aliphatic heterocycles. The van der Waals surface area contributed by atoms with Crippen LogP contribution in [-0.2, 0) is 13.0 Å². The number of rotatable bonds is 9. The summed E-state index contributed by atoms with van der Waals surface area (Å²) in [4.78, 5) is 6.52. The van der Waals surface area contributed by atoms with Crippen molar-refractivity contribution >= 4 is 5.96 Å². The minimum Gasteiger partial charge on any atom is -0.492 e. The first-order valence-electron chi connectivity index (χ1n) is 8.58. The number of ether oxygens (including phenoxy) is 1. The molecule has 3 N–H and O–H groups in total. The van der Waals surface area contributed by atoms with Crippen molar-refractivity contribution in [1.29, 1.82) is 0 Å². The molecule has 0 heterocycles. The van der Waals surface area contributed by atoms with Crippen LogP contribution in [0, 0.1) is 0 Å². The highest BCUT2D eigenvalue weighted by Gasteiger charge is 2.03. The second kappa shape index (κ2) is 10.4. The predicted molar refractivity (Wildman–Crippen MR) is 104 cm³/mol. The Morgan fingerprint density at radius 3 is 2.56 bits per heavy atom. The molecule has 0 spiro atoms. The van der Waals surface area contributed by atoms with Gasteiger partial charge in [0, 0.05) is 18.7 Å². The summed E-state index contributed by atoms with van der Waals surface area (Å²) in [6, 6.07) is 18.3. The Morgan fingerprint density at radius 2 is 1.80 bits per heavy atom. The summed E-state index contributed by atoms with van der Waals surface area (Å²) in [7, 11) is 4.06. The molecule has 0 unspecified atom stereocenters. The maximum atomic E-state index is 5.97. The number of nitrogens with two attached hydrogens (primary N) is 1. The average molecular weight is 340 g/mol. The van der Waals surface area contributed by atoms with E-state index in [1.807, 2.05) is 56.6 Å². The number of hydrogen-bond donors (Lipinski definition) is 2. The van der Waals surface area contributed by atoms with E-state index in [1.165, 1.54) is 5.56 Å². The van der Waals surface area contributed by atoms with Crippen molar-refractivity contribution in [3.8, 4) is 5.75 Å². The quantitative estimate of drug-likeness (QED) is 0.543. The molecule has 134 valence electrons. The van der Waals surface area contributed by atoms with Crippen LogP contribution >= 0.6 is 0 Å². The maximum absolute atomic E-state index is 5.97. The number of nitrogens with zero attached hydrogens (tertiary/aromatic N) is 2. The number of nitrogens with one attached hydrogen (secondary N) is 1. The van der Waals surface area contributed by atoms with Gasteiger partial charge in [0.25, 0.3) is 0 Å². The van der Waals surface area contributed by atoms with E-state index in [1.54, 1.807) is 0 Å². The van der Waals surface area contributed by atoms with Crippen LogP contribution in [0.3, 0.4) is 0 Å². The fourth-order valence-electron chi connectivity index (χ4n) is 2.32. The van der Waals surface area contributed by atoms with Crippen molar-refractivity contribution in [2.45, 2.75) is 13.0 Å². The van der Waals surface area contributed by atoms with E-state index in [0.717, 1.165) is 30.8 Å². The Labute approximate surface area is 150 Å². The van der Waals surface area contributed by atoms with Crippen molar-refractivity contribution < 1.29 is 4.74 Å². The molecule has 2 aromatic carbocycles. The van der Waals surface area contributed by atoms with Crippen molar-refractivity contribution in [3.63, 3.8) is 0 Å². The van der Waals surface area contributed by atoms with Gasteiger partial charge in [-0.2, -0.15) is 0 Å². The molecule has 25 heavy (non-hydrogen) atoms. The number of guanidine groups is 1. The van der Waals surface area contributed by atoms with Crippen LogP contribution in [0.1, 0.15) is 11.1 Å². The van der Waals surface area contributed by atoms with Crippen molar-refractivity contribution in [3.05, 3.63) is 65.7 Å². The van der Waals surface area contributed by atoms with E-state index in [0.29, 0.717) is 19.1 Å². The van der Waals surface area contributed by atoms with E-state index in [2.05, 4.69) is 27.3 Å². The van der Waals surface area contributed by atoms with Gasteiger partial charge in [0.1, 0.15) is 12.4 Å². The fourth-order valence-corrected chi connectivity index (χ4v) is 2.32. The lowest BCUT2D eigenvalue weighted by atomic mass is 10.1. The highest BCUT2D eigenvalue weighted by Crippen LogP contribution is 2.18. The highest BCUT2D eigenvalue weighted by molar-refractivity contribution is 5.77. The smallest absolute Gasteiger partial charge is 0.188 e. The monoisotopic (exact) mass is 340 g/mol. The highest BCUT2D eigenvalue weighted by atomic mass is 16.5. The second-order valence-corrected chi connectivity index (χ2v) is 6.12. The molecular weight excluding hydrogens is 312 g/mol. The number of benzene rings is 2. The molecule has 0 aliphatic rings. The maximum Gasteiger partial charge on any atom is 0.188 e. The SMILES string of the molecule is CN(C)CCOc1ccccc1CN=C(N)NCCc1ccccc1. The molecule has 0 bridgehead atoms. The van der Waals surface area contributed by atoms with E-state index in [4.69, 9.17) is 10.5 Å². The van der Waals surface area contributed by atoms with Gasteiger partial charge >= 0.3 is 0 Å². The van der Waals surface area contributed by atoms with E-state index in [-0.39, 0.29) is 0 Å². The molecule has 2 rings (SSSR count). The summed E-state index contributed by atoms with van der Waals surface area (Å²) in [5.74, 6) is 1.32. The molecule has 0 aliphatic carbocycles. The van der Waals surface area contributed by atoms with Gasteiger partial charge in [-0.15, -0.1) is 0 Å². The van der Waals surface area contributed by atoms with Gasteiger partial charge in [-0.25, -0.2) is 4.99 Å². The van der Waals surface area contributed by atoms with Crippen molar-refractivity contribution in [1.82, 2.24) is 10.2 Å². The topological polar surface area (TPSA) is 62.9 Å². The second-order valence-electron chi connectivity index (χ2n) is 6.12. The summed E-state index contributed by atoms with van der Waals surface area (Å²) in [5, 5.41) is 3.16. The van der Waals surface area contributed by atoms with E-state index < -0.39 is 0 Å². The molecular formula is C20H28N4O. The molecule has 5 nitrogen and oxygen atoms in total. The standard InChI is InChI=1S/C20H28N4O/c1-24(2)14-15-25-19-11-7-6-10-18(19)16-23-20(21)22-13-12-17-8-4-3-5-9-17/h3-11H,12-16H2,1-2H3,(H3,21,22,23). The summed E-state index contributed by atoms with van der Waals surface area (Å²) in [5.41, 5.74) is 8.28. The largest absolute Gasteiger partial charge is 0.492 e. The van der Waals surface area contributed by atoms with Gasteiger partial charge in [-0.05, 0) is 32.1 Å². The summed E-state index contributed by atoms with van der Waals surface area (Å²) in [6.07, 6.45) is 0.918. The Morgan fingerprint density at radius 1 is 1.08 bits per heavy atom. The number of aliphatic imine (C=N–C) groups is 1. The molecule has 0 aromatic heterocycles. The summed E-state index contributed by atoms with van der Waals surface area (Å²) >= 11 is 0. The Bertz CT molecular complexity index is 656. The lowest BCUT2D eigenvalue weighted by molar-refractivity contribution is 0.259. The van der Waals surface area contributed by atoms with Crippen molar-refractivity contribution in [2.75, 3.05) is 33.8 Å². The summed E-state index contributed by atoms with van der Waals surface area (Å²) < 4.78 is 5.85. The predicted octanol–water partition coefficient (Wildman–Crippen LogP) is 2.27. The first-order valence-corrected chi connectivity index (χ1v) is 8.58. The van der Waals surface area contributed by atoms with Gasteiger partial charge in [0.15, 0.2) is 5.96 Å². The third-order valence-electron chi connectivity index (χ3n) is 3.75. The van der Waals surface area contributed by atoms with Gasteiger partial charge in [0.05, 0.1) is 6.54 Å². The zero-order chi connectivity index (χ0) is 17.9. The van der Waals surface area contributed by atoms with Gasteiger partial charge in [-0.1, -0.05) is 48.5 Å². The van der Waals surface area contributed by atoms with Crippen molar-refractivity contribution in [2.24, 2.45) is 10.7 Å². The van der Waals surface area contributed by atoms with Gasteiger partial charge in [-0.3, -0.25) is 0 Å². The van der Waals surface area contributed by atoms with Crippen LogP contribution in [0.2, 0.25) is 0 Å². The zero-order valence-electron chi connectivity index (χ0n) is 15.1. The molecule has 5 heteroatoms. The summed E-state index contributed by atoms with van der Waals surface area (Å²) in [6.45, 7) is 2.79. The molecule has 0 amide bonds. The average Bonchev–Trinajstić information content (AvgIpc) is 2.61. The lowest BCUT2D eigenvalue weighted by Gasteiger charge is -2.13. The number of likely N-dealkylation sites (N-methyl/N-ethyl adjacent to an activating group) is 1.